The second-order valence-corrected chi connectivity index (χ2v) is 2.48. The van der Waals surface area contributed by atoms with Crippen LogP contribution in [-0.4, -0.2) is 5.94 Å². The van der Waals surface area contributed by atoms with E-state index in [2.05, 4.69) is 5.32 Å². The maximum atomic E-state index is 5.09. The van der Waals surface area contributed by atoms with Crippen LogP contribution in [-0.2, 0) is 4.74 Å². The van der Waals surface area contributed by atoms with Crippen LogP contribution in [0.5, 0.6) is 0 Å². The van der Waals surface area contributed by atoms with Gasteiger partial charge in [-0.1, -0.05) is 11.8 Å². The molecular formula is C5H4NOS. The van der Waals surface area contributed by atoms with Crippen LogP contribution in [0.4, 0.5) is 0 Å². The minimum Gasteiger partial charge on any atom is -0.465 e. The zero-order valence-electron chi connectivity index (χ0n) is 4.13. The molecule has 2 heterocycles. The molecule has 0 spiro atoms. The lowest BCUT2D eigenvalue weighted by molar-refractivity contribution is 0.262. The first-order valence-electron chi connectivity index (χ1n) is 2.34. The molecule has 0 unspecified atom stereocenters. The fourth-order valence-electron chi connectivity index (χ4n) is 0.675. The van der Waals surface area contributed by atoms with Gasteiger partial charge < -0.3 is 4.74 Å². The van der Waals surface area contributed by atoms with E-state index in [1.165, 1.54) is 4.91 Å². The van der Waals surface area contributed by atoms with Crippen molar-refractivity contribution in [3.63, 3.8) is 0 Å². The fourth-order valence-corrected chi connectivity index (χ4v) is 1.36. The SMILES string of the molecule is C1=CC2=C([N]1)OCS2. The number of hydrogen-bond acceptors (Lipinski definition) is 2. The Morgan fingerprint density at radius 1 is 1.75 bits per heavy atom. The first-order chi connectivity index (χ1) is 3.97. The smallest absolute Gasteiger partial charge is 0.228 e. The van der Waals surface area contributed by atoms with Crippen LogP contribution in [0.15, 0.2) is 23.1 Å². The van der Waals surface area contributed by atoms with E-state index in [1.807, 2.05) is 6.08 Å². The van der Waals surface area contributed by atoms with Crippen molar-refractivity contribution in [2.45, 2.75) is 0 Å². The minimum absolute atomic E-state index is 0.735. The topological polar surface area (TPSA) is 23.3 Å². The molecule has 0 aromatic rings. The van der Waals surface area contributed by atoms with E-state index in [-0.39, 0.29) is 0 Å². The molecule has 0 aliphatic carbocycles. The highest BCUT2D eigenvalue weighted by molar-refractivity contribution is 8.03. The Labute approximate surface area is 51.6 Å². The van der Waals surface area contributed by atoms with Crippen LogP contribution in [0.1, 0.15) is 0 Å². The summed E-state index contributed by atoms with van der Waals surface area (Å²) in [6.45, 7) is 0. The molecule has 2 nitrogen and oxygen atoms in total. The number of hydrogen-bond donors (Lipinski definition) is 0. The third kappa shape index (κ3) is 0.448. The normalized spacial score (nSPS) is 23.0. The first kappa shape index (κ1) is 4.32. The van der Waals surface area contributed by atoms with Crippen molar-refractivity contribution >= 4 is 11.8 Å². The molecule has 2 aliphatic heterocycles. The predicted octanol–water partition coefficient (Wildman–Crippen LogP) is 1.01. The molecular weight excluding hydrogens is 122 g/mol. The van der Waals surface area contributed by atoms with Crippen LogP contribution in [0.25, 0.3) is 0 Å². The molecule has 41 valence electrons. The Hall–Kier alpha value is -0.570. The lowest BCUT2D eigenvalue weighted by Gasteiger charge is -1.92. The maximum Gasteiger partial charge on any atom is 0.228 e. The zero-order valence-corrected chi connectivity index (χ0v) is 4.94. The summed E-state index contributed by atoms with van der Waals surface area (Å²) in [6.07, 6.45) is 3.73. The highest BCUT2D eigenvalue weighted by Gasteiger charge is 2.18. The van der Waals surface area contributed by atoms with Gasteiger partial charge in [-0.25, -0.2) is 5.32 Å². The van der Waals surface area contributed by atoms with Crippen molar-refractivity contribution < 1.29 is 4.74 Å². The van der Waals surface area contributed by atoms with Crippen molar-refractivity contribution in [2.24, 2.45) is 0 Å². The van der Waals surface area contributed by atoms with Gasteiger partial charge in [0.25, 0.3) is 0 Å². The summed E-state index contributed by atoms with van der Waals surface area (Å²) in [4.78, 5) is 1.17. The van der Waals surface area contributed by atoms with Crippen molar-refractivity contribution in [3.8, 4) is 0 Å². The molecule has 2 rings (SSSR count). The van der Waals surface area contributed by atoms with Crippen molar-refractivity contribution in [1.29, 1.82) is 0 Å². The lowest BCUT2D eigenvalue weighted by atomic mass is 10.6. The third-order valence-electron chi connectivity index (χ3n) is 1.04. The average Bonchev–Trinajstić information content (AvgIpc) is 2.15. The van der Waals surface area contributed by atoms with Gasteiger partial charge in [0.1, 0.15) is 5.94 Å². The van der Waals surface area contributed by atoms with Crippen molar-refractivity contribution in [3.05, 3.63) is 23.1 Å². The summed E-state index contributed by atoms with van der Waals surface area (Å²) in [5.41, 5.74) is 0. The van der Waals surface area contributed by atoms with Crippen molar-refractivity contribution in [1.82, 2.24) is 5.32 Å². The maximum absolute atomic E-state index is 5.09. The predicted molar refractivity (Wildman–Crippen MR) is 31.8 cm³/mol. The van der Waals surface area contributed by atoms with Crippen molar-refractivity contribution in [2.75, 3.05) is 5.94 Å². The largest absolute Gasteiger partial charge is 0.465 e. The minimum atomic E-state index is 0.735. The van der Waals surface area contributed by atoms with Gasteiger partial charge in [-0.2, -0.15) is 0 Å². The summed E-state index contributed by atoms with van der Waals surface area (Å²) in [7, 11) is 0. The Kier molecular flexibility index (Phi) is 0.784. The Morgan fingerprint density at radius 2 is 2.75 bits per heavy atom. The van der Waals surface area contributed by atoms with Crippen LogP contribution in [0.3, 0.4) is 0 Å². The summed E-state index contributed by atoms with van der Waals surface area (Å²) in [5.74, 6) is 1.54. The van der Waals surface area contributed by atoms with Gasteiger partial charge in [0.2, 0.25) is 5.88 Å². The average molecular weight is 126 g/mol. The third-order valence-corrected chi connectivity index (χ3v) is 1.90. The van der Waals surface area contributed by atoms with Gasteiger partial charge in [0.15, 0.2) is 0 Å². The first-order valence-corrected chi connectivity index (χ1v) is 3.33. The van der Waals surface area contributed by atoms with Gasteiger partial charge in [-0.3, -0.25) is 0 Å². The number of thioether (sulfide) groups is 1. The van der Waals surface area contributed by atoms with E-state index in [0.717, 1.165) is 11.8 Å². The molecule has 0 saturated heterocycles. The molecule has 0 aromatic heterocycles. The Balaban J connectivity index is 2.33. The molecule has 0 fully saturated rings. The molecule has 8 heavy (non-hydrogen) atoms. The molecule has 0 N–H and O–H groups in total. The van der Waals surface area contributed by atoms with Gasteiger partial charge >= 0.3 is 0 Å². The molecule has 3 heteroatoms. The van der Waals surface area contributed by atoms with Crippen LogP contribution in [0.2, 0.25) is 0 Å². The molecule has 2 aliphatic rings. The van der Waals surface area contributed by atoms with Gasteiger partial charge in [0.05, 0.1) is 4.91 Å². The van der Waals surface area contributed by atoms with Crippen LogP contribution < -0.4 is 5.32 Å². The lowest BCUT2D eigenvalue weighted by Crippen LogP contribution is -1.92. The number of allylic oxidation sites excluding steroid dienone is 1. The van der Waals surface area contributed by atoms with Gasteiger partial charge in [-0.15, -0.1) is 0 Å². The molecule has 0 bridgehead atoms. The van der Waals surface area contributed by atoms with E-state index in [1.54, 1.807) is 18.0 Å². The highest BCUT2D eigenvalue weighted by Crippen LogP contribution is 2.31. The zero-order chi connectivity index (χ0) is 5.40. The summed E-state index contributed by atoms with van der Waals surface area (Å²) in [6, 6.07) is 0. The molecule has 0 aromatic carbocycles. The van der Waals surface area contributed by atoms with E-state index < -0.39 is 0 Å². The highest BCUT2D eigenvalue weighted by atomic mass is 32.2. The summed E-state index contributed by atoms with van der Waals surface area (Å²) in [5, 5.41) is 3.95. The standard InChI is InChI=1S/C5H4NOS/c1-2-6-5-4(1)8-3-7-5/h1-2H,3H2. The van der Waals surface area contributed by atoms with Gasteiger partial charge in [-0.05, 0) is 6.08 Å². The number of nitrogens with zero attached hydrogens (tertiary/aromatic N) is 1. The van der Waals surface area contributed by atoms with Crippen LogP contribution in [0, 0.1) is 0 Å². The summed E-state index contributed by atoms with van der Waals surface area (Å²) < 4.78 is 5.09. The molecule has 0 atom stereocenters. The van der Waals surface area contributed by atoms with Gasteiger partial charge in [0, 0.05) is 6.20 Å². The number of ether oxygens (including phenoxy) is 1. The summed E-state index contributed by atoms with van der Waals surface area (Å²) >= 11 is 1.69. The second kappa shape index (κ2) is 1.45. The molecule has 0 saturated carbocycles. The van der Waals surface area contributed by atoms with E-state index >= 15 is 0 Å². The number of rotatable bonds is 0. The Bertz CT molecular complexity index is 173. The monoisotopic (exact) mass is 126 g/mol. The van der Waals surface area contributed by atoms with E-state index in [4.69, 9.17) is 4.74 Å². The molecule has 1 radical (unpaired) electrons. The Morgan fingerprint density at radius 3 is 3.62 bits per heavy atom. The quantitative estimate of drug-likeness (QED) is 0.483. The fraction of sp³-hybridized carbons (Fsp3) is 0.200. The van der Waals surface area contributed by atoms with E-state index in [0.29, 0.717) is 0 Å². The van der Waals surface area contributed by atoms with Crippen LogP contribution >= 0.6 is 11.8 Å². The second-order valence-electron chi connectivity index (χ2n) is 1.52. The molecule has 0 amide bonds. The van der Waals surface area contributed by atoms with E-state index in [9.17, 15) is 0 Å².